The van der Waals surface area contributed by atoms with E-state index < -0.39 is 5.82 Å². The predicted molar refractivity (Wildman–Crippen MR) is 82.4 cm³/mol. The van der Waals surface area contributed by atoms with Gasteiger partial charge in [0.2, 0.25) is 0 Å². The Kier molecular flexibility index (Phi) is 4.06. The molecule has 0 saturated carbocycles. The molecule has 2 aromatic carbocycles. The zero-order valence-electron chi connectivity index (χ0n) is 11.4. The van der Waals surface area contributed by atoms with Gasteiger partial charge in [-0.1, -0.05) is 12.1 Å². The summed E-state index contributed by atoms with van der Waals surface area (Å²) >= 11 is 3.27. The summed E-state index contributed by atoms with van der Waals surface area (Å²) in [5, 5.41) is 0. The summed E-state index contributed by atoms with van der Waals surface area (Å²) in [5.41, 5.74) is 3.25. The Morgan fingerprint density at radius 1 is 1.14 bits per heavy atom. The second-order valence-corrected chi connectivity index (χ2v) is 5.98. The zero-order valence-corrected chi connectivity index (χ0v) is 13.0. The second-order valence-electron chi connectivity index (χ2n) is 5.12. The highest BCUT2D eigenvalue weighted by Gasteiger charge is 2.14. The number of hydrogen-bond donors (Lipinski definition) is 0. The Morgan fingerprint density at radius 2 is 1.95 bits per heavy atom. The minimum atomic E-state index is -0.391. The summed E-state index contributed by atoms with van der Waals surface area (Å²) in [5.74, 6) is -0.149. The second kappa shape index (κ2) is 5.98. The van der Waals surface area contributed by atoms with Crippen LogP contribution in [-0.2, 0) is 12.8 Å². The highest BCUT2D eigenvalue weighted by atomic mass is 79.9. The van der Waals surface area contributed by atoms with Gasteiger partial charge in [0.15, 0.2) is 12.4 Å². The van der Waals surface area contributed by atoms with Gasteiger partial charge in [-0.15, -0.1) is 0 Å². The van der Waals surface area contributed by atoms with Crippen molar-refractivity contribution in [3.05, 3.63) is 63.4 Å². The minimum absolute atomic E-state index is 0.0964. The number of benzene rings is 2. The van der Waals surface area contributed by atoms with Gasteiger partial charge in [0.05, 0.1) is 4.47 Å². The Labute approximate surface area is 131 Å². The first-order valence-corrected chi connectivity index (χ1v) is 7.65. The Balaban J connectivity index is 1.70. The molecule has 0 N–H and O–H groups in total. The Hall–Kier alpha value is -1.68. The largest absolute Gasteiger partial charge is 0.484 e. The zero-order chi connectivity index (χ0) is 14.8. The number of carbonyl (C=O) groups is 1. The van der Waals surface area contributed by atoms with Gasteiger partial charge in [0.25, 0.3) is 0 Å². The average molecular weight is 349 g/mol. The summed E-state index contributed by atoms with van der Waals surface area (Å²) in [6.07, 6.45) is 3.28. The number of rotatable bonds is 4. The molecule has 108 valence electrons. The molecule has 4 heteroatoms. The molecule has 21 heavy (non-hydrogen) atoms. The third kappa shape index (κ3) is 3.16. The van der Waals surface area contributed by atoms with Crippen LogP contribution >= 0.6 is 15.9 Å². The van der Waals surface area contributed by atoms with Crippen LogP contribution in [0.5, 0.6) is 5.75 Å². The van der Waals surface area contributed by atoms with Gasteiger partial charge >= 0.3 is 0 Å². The van der Waals surface area contributed by atoms with Crippen molar-refractivity contribution in [2.45, 2.75) is 19.3 Å². The van der Waals surface area contributed by atoms with Crippen molar-refractivity contribution in [1.82, 2.24) is 0 Å². The topological polar surface area (TPSA) is 26.3 Å². The standard InChI is InChI=1S/C17H14BrFO2/c18-15-7-6-14(19)9-17(15)21-10-16(20)13-5-4-11-2-1-3-12(11)8-13/h4-9H,1-3,10H2. The summed E-state index contributed by atoms with van der Waals surface area (Å²) in [4.78, 5) is 12.2. The summed E-state index contributed by atoms with van der Waals surface area (Å²) in [6, 6.07) is 9.97. The van der Waals surface area contributed by atoms with E-state index in [1.165, 1.54) is 23.3 Å². The van der Waals surface area contributed by atoms with Crippen molar-refractivity contribution < 1.29 is 13.9 Å². The van der Waals surface area contributed by atoms with E-state index in [1.54, 1.807) is 6.07 Å². The first-order valence-electron chi connectivity index (χ1n) is 6.86. The molecule has 0 radical (unpaired) electrons. The molecule has 0 aliphatic heterocycles. The molecule has 0 unspecified atom stereocenters. The van der Waals surface area contributed by atoms with Gasteiger partial charge < -0.3 is 4.74 Å². The van der Waals surface area contributed by atoms with Crippen LogP contribution < -0.4 is 4.74 Å². The van der Waals surface area contributed by atoms with Crippen molar-refractivity contribution in [3.63, 3.8) is 0 Å². The van der Waals surface area contributed by atoms with Crippen LogP contribution in [0.3, 0.4) is 0 Å². The number of carbonyl (C=O) groups excluding carboxylic acids is 1. The molecule has 2 nitrogen and oxygen atoms in total. The quantitative estimate of drug-likeness (QED) is 0.768. The van der Waals surface area contributed by atoms with Crippen molar-refractivity contribution in [2.24, 2.45) is 0 Å². The normalized spacial score (nSPS) is 13.0. The van der Waals surface area contributed by atoms with E-state index in [9.17, 15) is 9.18 Å². The number of ether oxygens (including phenoxy) is 1. The van der Waals surface area contributed by atoms with Crippen molar-refractivity contribution >= 4 is 21.7 Å². The Morgan fingerprint density at radius 3 is 2.81 bits per heavy atom. The number of hydrogen-bond acceptors (Lipinski definition) is 2. The first kappa shape index (κ1) is 14.3. The highest BCUT2D eigenvalue weighted by molar-refractivity contribution is 9.10. The fourth-order valence-corrected chi connectivity index (χ4v) is 2.92. The highest BCUT2D eigenvalue weighted by Crippen LogP contribution is 2.26. The molecule has 0 atom stereocenters. The van der Waals surface area contributed by atoms with Crippen molar-refractivity contribution in [3.8, 4) is 5.75 Å². The number of aryl methyl sites for hydroxylation is 2. The molecule has 1 aliphatic rings. The molecule has 0 bridgehead atoms. The van der Waals surface area contributed by atoms with Crippen LogP contribution in [0.2, 0.25) is 0 Å². The first-order chi connectivity index (χ1) is 10.1. The van der Waals surface area contributed by atoms with E-state index in [0.29, 0.717) is 15.8 Å². The number of fused-ring (bicyclic) bond motifs is 1. The van der Waals surface area contributed by atoms with E-state index in [1.807, 2.05) is 18.2 Å². The van der Waals surface area contributed by atoms with Gasteiger partial charge in [-0.2, -0.15) is 0 Å². The van der Waals surface area contributed by atoms with Crippen LogP contribution in [0, 0.1) is 5.82 Å². The van der Waals surface area contributed by atoms with E-state index in [4.69, 9.17) is 4.74 Å². The molecular formula is C17H14BrFO2. The van der Waals surface area contributed by atoms with E-state index >= 15 is 0 Å². The average Bonchev–Trinajstić information content (AvgIpc) is 2.95. The summed E-state index contributed by atoms with van der Waals surface area (Å²) < 4.78 is 19.2. The molecule has 0 fully saturated rings. The van der Waals surface area contributed by atoms with Gasteiger partial charge in [-0.3, -0.25) is 4.79 Å². The SMILES string of the molecule is O=C(COc1cc(F)ccc1Br)c1ccc2c(c1)CCC2. The van der Waals surface area contributed by atoms with Crippen LogP contribution in [0.1, 0.15) is 27.9 Å². The molecular weight excluding hydrogens is 335 g/mol. The molecule has 1 aliphatic carbocycles. The van der Waals surface area contributed by atoms with Crippen LogP contribution in [-0.4, -0.2) is 12.4 Å². The molecule has 0 heterocycles. The maximum Gasteiger partial charge on any atom is 0.200 e. The van der Waals surface area contributed by atoms with Gasteiger partial charge in [0, 0.05) is 11.6 Å². The summed E-state index contributed by atoms with van der Waals surface area (Å²) in [7, 11) is 0. The third-order valence-electron chi connectivity index (χ3n) is 3.67. The van der Waals surface area contributed by atoms with Gasteiger partial charge in [-0.05, 0) is 64.5 Å². The molecule has 0 aromatic heterocycles. The van der Waals surface area contributed by atoms with E-state index in [2.05, 4.69) is 15.9 Å². The lowest BCUT2D eigenvalue weighted by Crippen LogP contribution is -2.12. The summed E-state index contributed by atoms with van der Waals surface area (Å²) in [6.45, 7) is -0.0964. The lowest BCUT2D eigenvalue weighted by molar-refractivity contribution is 0.0920. The monoisotopic (exact) mass is 348 g/mol. The van der Waals surface area contributed by atoms with Crippen molar-refractivity contribution in [1.29, 1.82) is 0 Å². The minimum Gasteiger partial charge on any atom is -0.484 e. The molecule has 0 amide bonds. The number of ketones is 1. The smallest absolute Gasteiger partial charge is 0.200 e. The van der Waals surface area contributed by atoms with Crippen LogP contribution in [0.4, 0.5) is 4.39 Å². The molecule has 2 aromatic rings. The maximum atomic E-state index is 13.2. The van der Waals surface area contributed by atoms with Gasteiger partial charge in [0.1, 0.15) is 11.6 Å². The third-order valence-corrected chi connectivity index (χ3v) is 4.33. The fraction of sp³-hybridized carbons (Fsp3) is 0.235. The predicted octanol–water partition coefficient (Wildman–Crippen LogP) is 4.34. The van der Waals surface area contributed by atoms with Crippen molar-refractivity contribution in [2.75, 3.05) is 6.61 Å². The number of halogens is 2. The van der Waals surface area contributed by atoms with E-state index in [-0.39, 0.29) is 12.4 Å². The molecule has 3 rings (SSSR count). The van der Waals surface area contributed by atoms with Gasteiger partial charge in [-0.25, -0.2) is 4.39 Å². The molecule has 0 saturated heterocycles. The Bertz CT molecular complexity index is 697. The van der Waals surface area contributed by atoms with Crippen LogP contribution in [0.25, 0.3) is 0 Å². The number of Topliss-reactive ketones (excluding diaryl/α,β-unsaturated/α-hetero) is 1. The molecule has 0 spiro atoms. The fourth-order valence-electron chi connectivity index (χ4n) is 2.56. The van der Waals surface area contributed by atoms with E-state index in [0.717, 1.165) is 19.3 Å². The maximum absolute atomic E-state index is 13.2. The van der Waals surface area contributed by atoms with Crippen LogP contribution in [0.15, 0.2) is 40.9 Å². The lowest BCUT2D eigenvalue weighted by atomic mass is 10.0. The lowest BCUT2D eigenvalue weighted by Gasteiger charge is -2.08.